The third-order valence-corrected chi connectivity index (χ3v) is 8.64. The SMILES string of the molecule is COc1cc(C#N)c(O[C@H]2CC[C@@](C)(C(=O)O)CC2)cc1C(=O)Nc1cc(Cl)ccc1C(=O)NC12CC(C1)C2. The number of nitrogens with one attached hydrogen (secondary N) is 2. The molecule has 2 aromatic rings. The molecule has 2 bridgehead atoms. The molecule has 0 saturated heterocycles. The topological polar surface area (TPSA) is 138 Å². The summed E-state index contributed by atoms with van der Waals surface area (Å²) in [6, 6.07) is 9.66. The number of anilines is 1. The van der Waals surface area contributed by atoms with E-state index in [0.29, 0.717) is 42.2 Å². The molecule has 4 saturated carbocycles. The molecule has 0 aromatic heterocycles. The molecule has 39 heavy (non-hydrogen) atoms. The number of carbonyl (C=O) groups is 3. The van der Waals surface area contributed by atoms with E-state index in [1.54, 1.807) is 19.1 Å². The first-order valence-corrected chi connectivity index (χ1v) is 13.4. The lowest BCUT2D eigenvalue weighted by Gasteiger charge is -2.61. The minimum absolute atomic E-state index is 0.114. The van der Waals surface area contributed by atoms with E-state index < -0.39 is 17.3 Å². The van der Waals surface area contributed by atoms with E-state index in [1.807, 2.05) is 0 Å². The van der Waals surface area contributed by atoms with Gasteiger partial charge in [-0.1, -0.05) is 11.6 Å². The maximum absolute atomic E-state index is 13.5. The van der Waals surface area contributed by atoms with Gasteiger partial charge in [-0.2, -0.15) is 5.26 Å². The van der Waals surface area contributed by atoms with Gasteiger partial charge in [-0.05, 0) is 82.1 Å². The summed E-state index contributed by atoms with van der Waals surface area (Å²) >= 11 is 6.20. The number of methoxy groups -OCH3 is 1. The summed E-state index contributed by atoms with van der Waals surface area (Å²) in [5.74, 6) is -0.599. The highest BCUT2D eigenvalue weighted by Crippen LogP contribution is 2.57. The van der Waals surface area contributed by atoms with Crippen LogP contribution >= 0.6 is 11.6 Å². The Balaban J connectivity index is 1.37. The van der Waals surface area contributed by atoms with Crippen molar-refractivity contribution in [1.82, 2.24) is 5.32 Å². The van der Waals surface area contributed by atoms with Crippen LogP contribution in [0.4, 0.5) is 5.69 Å². The lowest BCUT2D eigenvalue weighted by Crippen LogP contribution is -2.68. The van der Waals surface area contributed by atoms with Gasteiger partial charge in [0.1, 0.15) is 17.6 Å². The molecule has 0 spiro atoms. The van der Waals surface area contributed by atoms with Crippen LogP contribution in [0.5, 0.6) is 11.5 Å². The molecule has 4 aliphatic carbocycles. The molecule has 4 aliphatic rings. The molecule has 0 aliphatic heterocycles. The largest absolute Gasteiger partial charge is 0.496 e. The fourth-order valence-corrected chi connectivity index (χ4v) is 5.95. The normalized spacial score (nSPS) is 26.7. The van der Waals surface area contributed by atoms with Gasteiger partial charge in [0.15, 0.2) is 0 Å². The van der Waals surface area contributed by atoms with Crippen molar-refractivity contribution in [2.24, 2.45) is 11.3 Å². The summed E-state index contributed by atoms with van der Waals surface area (Å²) in [7, 11) is 1.39. The Morgan fingerprint density at radius 1 is 1.05 bits per heavy atom. The van der Waals surface area contributed by atoms with Crippen molar-refractivity contribution >= 4 is 35.1 Å². The fourth-order valence-electron chi connectivity index (χ4n) is 5.78. The molecule has 0 heterocycles. The number of nitriles is 1. The number of carbonyl (C=O) groups excluding carboxylic acids is 2. The number of benzene rings is 2. The van der Waals surface area contributed by atoms with Crippen LogP contribution in [0.2, 0.25) is 5.02 Å². The highest BCUT2D eigenvalue weighted by atomic mass is 35.5. The highest BCUT2D eigenvalue weighted by Gasteiger charge is 2.57. The van der Waals surface area contributed by atoms with Crippen LogP contribution < -0.4 is 20.1 Å². The van der Waals surface area contributed by atoms with E-state index in [4.69, 9.17) is 21.1 Å². The number of carboxylic acids is 1. The highest BCUT2D eigenvalue weighted by molar-refractivity contribution is 6.31. The molecule has 2 aromatic carbocycles. The number of amides is 2. The Morgan fingerprint density at radius 2 is 1.74 bits per heavy atom. The van der Waals surface area contributed by atoms with Crippen molar-refractivity contribution in [2.75, 3.05) is 12.4 Å². The lowest BCUT2D eigenvalue weighted by molar-refractivity contribution is -0.150. The average molecular weight is 552 g/mol. The Bertz CT molecular complexity index is 1380. The van der Waals surface area contributed by atoms with Gasteiger partial charge in [0.2, 0.25) is 0 Å². The maximum Gasteiger partial charge on any atom is 0.309 e. The Hall–Kier alpha value is -3.77. The number of aliphatic carboxylic acids is 1. The van der Waals surface area contributed by atoms with Gasteiger partial charge in [0.25, 0.3) is 11.8 Å². The van der Waals surface area contributed by atoms with Crippen LogP contribution in [-0.4, -0.2) is 41.6 Å². The van der Waals surface area contributed by atoms with Gasteiger partial charge in [-0.15, -0.1) is 0 Å². The van der Waals surface area contributed by atoms with E-state index in [1.165, 1.54) is 25.3 Å². The summed E-state index contributed by atoms with van der Waals surface area (Å²) in [4.78, 5) is 38.1. The average Bonchev–Trinajstić information content (AvgIpc) is 2.86. The predicted molar refractivity (Wildman–Crippen MR) is 143 cm³/mol. The minimum Gasteiger partial charge on any atom is -0.496 e. The van der Waals surface area contributed by atoms with Gasteiger partial charge in [-0.3, -0.25) is 14.4 Å². The second-order valence-electron chi connectivity index (χ2n) is 11.2. The number of halogens is 1. The summed E-state index contributed by atoms with van der Waals surface area (Å²) < 4.78 is 11.5. The number of carboxylic acid groups (broad SMARTS) is 1. The van der Waals surface area contributed by atoms with Crippen LogP contribution in [-0.2, 0) is 4.79 Å². The Morgan fingerprint density at radius 3 is 2.31 bits per heavy atom. The summed E-state index contributed by atoms with van der Waals surface area (Å²) in [5.41, 5.74) is -0.0786. The van der Waals surface area contributed by atoms with Crippen molar-refractivity contribution in [3.05, 3.63) is 52.0 Å². The number of hydrogen-bond donors (Lipinski definition) is 3. The number of hydrogen-bond acceptors (Lipinski definition) is 6. The standard InChI is InChI=1S/C29H30ClN3O6/c1-28(27(36)37)7-5-19(6-8-28)39-23-11-21(24(38-2)9-17(23)15-31)25(34)32-22-10-18(30)3-4-20(22)26(35)33-29-12-16(13-29)14-29/h3-4,9-11,16,19H,5-8,12-14H2,1-2H3,(H,32,34)(H,33,35)(H,36,37)/t16?,19-,28+,29?. The number of rotatable bonds is 8. The molecule has 9 nitrogen and oxygen atoms in total. The van der Waals surface area contributed by atoms with Crippen molar-refractivity contribution in [3.8, 4) is 17.6 Å². The predicted octanol–water partition coefficient (Wildman–Crippen LogP) is 5.17. The zero-order chi connectivity index (χ0) is 27.9. The van der Waals surface area contributed by atoms with E-state index in [9.17, 15) is 24.8 Å². The van der Waals surface area contributed by atoms with Gasteiger partial charge >= 0.3 is 5.97 Å². The minimum atomic E-state index is -0.833. The monoisotopic (exact) mass is 551 g/mol. The molecular weight excluding hydrogens is 522 g/mol. The summed E-state index contributed by atoms with van der Waals surface area (Å²) in [6.07, 6.45) is 4.55. The first kappa shape index (κ1) is 26.8. The molecule has 6 rings (SSSR count). The molecule has 0 atom stereocenters. The second kappa shape index (κ2) is 10.1. The van der Waals surface area contributed by atoms with E-state index in [2.05, 4.69) is 16.7 Å². The third kappa shape index (κ3) is 5.13. The van der Waals surface area contributed by atoms with Gasteiger partial charge in [0, 0.05) is 16.6 Å². The smallest absolute Gasteiger partial charge is 0.309 e. The van der Waals surface area contributed by atoms with Crippen LogP contribution in [0.15, 0.2) is 30.3 Å². The van der Waals surface area contributed by atoms with Gasteiger partial charge in [-0.25, -0.2) is 0 Å². The zero-order valence-electron chi connectivity index (χ0n) is 21.8. The van der Waals surface area contributed by atoms with E-state index in [0.717, 1.165) is 19.3 Å². The molecule has 2 amide bonds. The second-order valence-corrected chi connectivity index (χ2v) is 11.6. The fraction of sp³-hybridized carbons (Fsp3) is 0.448. The number of ether oxygens (including phenoxy) is 2. The lowest BCUT2D eigenvalue weighted by atomic mass is 9.50. The van der Waals surface area contributed by atoms with Crippen molar-refractivity contribution < 1.29 is 29.0 Å². The third-order valence-electron chi connectivity index (χ3n) is 8.40. The Kier molecular flexibility index (Phi) is 6.93. The summed E-state index contributed by atoms with van der Waals surface area (Å²) in [5, 5.41) is 25.5. The van der Waals surface area contributed by atoms with Crippen LogP contribution in [0.1, 0.15) is 78.1 Å². The van der Waals surface area contributed by atoms with E-state index in [-0.39, 0.29) is 45.9 Å². The van der Waals surface area contributed by atoms with Gasteiger partial charge in [0.05, 0.1) is 41.0 Å². The van der Waals surface area contributed by atoms with Crippen molar-refractivity contribution in [2.45, 2.75) is 63.5 Å². The van der Waals surface area contributed by atoms with Gasteiger partial charge < -0.3 is 25.2 Å². The first-order valence-electron chi connectivity index (χ1n) is 13.0. The quantitative estimate of drug-likeness (QED) is 0.411. The van der Waals surface area contributed by atoms with Crippen molar-refractivity contribution in [1.29, 1.82) is 5.26 Å². The maximum atomic E-state index is 13.5. The van der Waals surface area contributed by atoms with E-state index >= 15 is 0 Å². The Labute approximate surface area is 231 Å². The molecule has 204 valence electrons. The van der Waals surface area contributed by atoms with Crippen LogP contribution in [0.3, 0.4) is 0 Å². The molecule has 10 heteroatoms. The number of nitrogens with zero attached hydrogens (tertiary/aromatic N) is 1. The van der Waals surface area contributed by atoms with Crippen LogP contribution in [0.25, 0.3) is 0 Å². The first-order chi connectivity index (χ1) is 18.5. The molecule has 3 N–H and O–H groups in total. The molecule has 4 fully saturated rings. The van der Waals surface area contributed by atoms with Crippen molar-refractivity contribution in [3.63, 3.8) is 0 Å². The molecule has 0 radical (unpaired) electrons. The summed E-state index contributed by atoms with van der Waals surface area (Å²) in [6.45, 7) is 1.72. The zero-order valence-corrected chi connectivity index (χ0v) is 22.6. The molecule has 0 unspecified atom stereocenters. The molecular formula is C29H30ClN3O6. The van der Waals surface area contributed by atoms with Crippen LogP contribution in [0, 0.1) is 22.7 Å².